The third-order valence-electron chi connectivity index (χ3n) is 3.01. The second-order valence-electron chi connectivity index (χ2n) is 4.74. The summed E-state index contributed by atoms with van der Waals surface area (Å²) in [4.78, 5) is 16.4. The van der Waals surface area contributed by atoms with E-state index in [2.05, 4.69) is 34.1 Å². The van der Waals surface area contributed by atoms with Crippen LogP contribution in [-0.4, -0.2) is 18.4 Å². The van der Waals surface area contributed by atoms with Crippen LogP contribution in [0.2, 0.25) is 0 Å². The monoisotopic (exact) mass is 300 g/mol. The molecule has 1 heterocycles. The average Bonchev–Trinajstić information content (AvgIpc) is 2.47. The van der Waals surface area contributed by atoms with Crippen molar-refractivity contribution >= 4 is 11.9 Å². The second kappa shape index (κ2) is 8.67. The molecular weight excluding hydrogens is 276 g/mol. The molecule has 22 heavy (non-hydrogen) atoms. The molecule has 0 aromatic rings. The highest BCUT2D eigenvalue weighted by atomic mass is 16.1. The summed E-state index contributed by atoms with van der Waals surface area (Å²) in [7, 11) is 0. The van der Waals surface area contributed by atoms with Crippen LogP contribution in [-0.2, 0) is 4.79 Å². The molecule has 1 amide bonds. The smallest absolute Gasteiger partial charge is 0.231 e. The van der Waals surface area contributed by atoms with Crippen molar-refractivity contribution in [3.05, 3.63) is 60.1 Å². The average molecular weight is 300 g/mol. The highest BCUT2D eigenvalue weighted by Gasteiger charge is 2.16. The van der Waals surface area contributed by atoms with Gasteiger partial charge in [-0.25, -0.2) is 4.99 Å². The van der Waals surface area contributed by atoms with Gasteiger partial charge in [-0.2, -0.15) is 0 Å². The van der Waals surface area contributed by atoms with Gasteiger partial charge in [0.05, 0.1) is 23.5 Å². The van der Waals surface area contributed by atoms with Crippen molar-refractivity contribution in [2.45, 2.75) is 27.2 Å². The number of carbonyl (C=O) groups excluding carboxylic acids is 1. The van der Waals surface area contributed by atoms with E-state index in [-0.39, 0.29) is 12.3 Å². The first kappa shape index (κ1) is 17.5. The number of hydrogen-bond donors (Lipinski definition) is 3. The molecular formula is C17H24N4O. The van der Waals surface area contributed by atoms with Gasteiger partial charge in [0, 0.05) is 6.54 Å². The fourth-order valence-electron chi connectivity index (χ4n) is 1.96. The van der Waals surface area contributed by atoms with Crippen LogP contribution < -0.4 is 16.0 Å². The van der Waals surface area contributed by atoms with E-state index in [4.69, 9.17) is 0 Å². The lowest BCUT2D eigenvalue weighted by atomic mass is 10.1. The van der Waals surface area contributed by atoms with Crippen LogP contribution in [0.1, 0.15) is 27.2 Å². The summed E-state index contributed by atoms with van der Waals surface area (Å²) in [6.45, 7) is 14.1. The quantitative estimate of drug-likeness (QED) is 0.660. The third kappa shape index (κ3) is 5.09. The highest BCUT2D eigenvalue weighted by molar-refractivity contribution is 5.99. The first-order valence-corrected chi connectivity index (χ1v) is 7.25. The summed E-state index contributed by atoms with van der Waals surface area (Å²) in [6.07, 6.45) is 7.50. The number of nitrogens with zero attached hydrogens (tertiary/aromatic N) is 1. The number of likely N-dealkylation sites (N-methyl/N-ethyl adjacent to an activating group) is 1. The minimum Gasteiger partial charge on any atom is -0.382 e. The van der Waals surface area contributed by atoms with Crippen molar-refractivity contribution in [2.24, 2.45) is 4.99 Å². The Labute approximate surface area is 132 Å². The van der Waals surface area contributed by atoms with E-state index >= 15 is 0 Å². The molecule has 1 rings (SSSR count). The van der Waals surface area contributed by atoms with Crippen molar-refractivity contribution in [1.29, 1.82) is 0 Å². The molecule has 0 fully saturated rings. The number of rotatable bonds is 6. The molecule has 0 bridgehead atoms. The Morgan fingerprint density at radius 1 is 1.45 bits per heavy atom. The normalized spacial score (nSPS) is 15.5. The second-order valence-corrected chi connectivity index (χ2v) is 4.74. The molecule has 0 unspecified atom stereocenters. The van der Waals surface area contributed by atoms with E-state index in [0.29, 0.717) is 11.7 Å². The van der Waals surface area contributed by atoms with E-state index < -0.39 is 0 Å². The summed E-state index contributed by atoms with van der Waals surface area (Å²) in [5, 5.41) is 8.95. The van der Waals surface area contributed by atoms with E-state index in [1.807, 2.05) is 32.9 Å². The van der Waals surface area contributed by atoms with E-state index in [1.54, 1.807) is 12.2 Å². The molecule has 5 nitrogen and oxygen atoms in total. The van der Waals surface area contributed by atoms with Crippen LogP contribution in [0.25, 0.3) is 0 Å². The Kier molecular flexibility index (Phi) is 6.89. The van der Waals surface area contributed by atoms with Crippen molar-refractivity contribution in [2.75, 3.05) is 6.54 Å². The number of allylic oxidation sites excluding steroid dienone is 5. The molecule has 5 heteroatoms. The predicted octanol–water partition coefficient (Wildman–Crippen LogP) is 2.50. The number of amides is 1. The summed E-state index contributed by atoms with van der Waals surface area (Å²) in [6, 6.07) is 0. The third-order valence-corrected chi connectivity index (χ3v) is 3.01. The van der Waals surface area contributed by atoms with E-state index in [0.717, 1.165) is 23.5 Å². The van der Waals surface area contributed by atoms with Gasteiger partial charge in [-0.1, -0.05) is 37.5 Å². The molecule has 0 spiro atoms. The standard InChI is InChI=1S/C17H24N4O/c1-6-9-10-14(7-2)11-15(22)21-17-19-12(4)16(18-8-3)13(5)20-17/h6-7,9-10,18H,1,4,8,11H2,2-3,5H3,(H2,19,20,21,22)/b10-9-,14-7+. The van der Waals surface area contributed by atoms with E-state index in [9.17, 15) is 4.79 Å². The zero-order chi connectivity index (χ0) is 16.5. The number of aliphatic imine (C=N–C) groups is 1. The van der Waals surface area contributed by atoms with Crippen LogP contribution in [0.4, 0.5) is 0 Å². The fourth-order valence-corrected chi connectivity index (χ4v) is 1.96. The van der Waals surface area contributed by atoms with Crippen LogP contribution in [0.3, 0.4) is 0 Å². The number of nitrogens with one attached hydrogen (secondary N) is 3. The van der Waals surface area contributed by atoms with Crippen LogP contribution in [0.5, 0.6) is 0 Å². The maximum Gasteiger partial charge on any atom is 0.231 e. The SMILES string of the molecule is C=C/C=C\C(=C/C)CC(=O)NC1=NC(C)=C(NCC)C(=C)N1. The molecule has 0 radical (unpaired) electrons. The molecule has 1 aliphatic rings. The lowest BCUT2D eigenvalue weighted by Crippen LogP contribution is -2.43. The number of hydrogen-bond acceptors (Lipinski definition) is 4. The van der Waals surface area contributed by atoms with Crippen LogP contribution in [0, 0.1) is 0 Å². The maximum absolute atomic E-state index is 12.1. The van der Waals surface area contributed by atoms with Gasteiger partial charge in [-0.15, -0.1) is 0 Å². The van der Waals surface area contributed by atoms with E-state index in [1.165, 1.54) is 0 Å². The van der Waals surface area contributed by atoms with Gasteiger partial charge in [0.1, 0.15) is 0 Å². The summed E-state index contributed by atoms with van der Waals surface area (Å²) < 4.78 is 0. The molecule has 0 saturated heterocycles. The molecule has 0 aliphatic carbocycles. The largest absolute Gasteiger partial charge is 0.382 e. The zero-order valence-corrected chi connectivity index (χ0v) is 13.5. The molecule has 0 atom stereocenters. The van der Waals surface area contributed by atoms with Gasteiger partial charge >= 0.3 is 0 Å². The van der Waals surface area contributed by atoms with Crippen LogP contribution in [0.15, 0.2) is 65.1 Å². The minimum atomic E-state index is -0.138. The molecule has 0 aromatic carbocycles. The van der Waals surface area contributed by atoms with Gasteiger partial charge in [0.15, 0.2) is 0 Å². The lowest BCUT2D eigenvalue weighted by Gasteiger charge is -2.22. The molecule has 118 valence electrons. The van der Waals surface area contributed by atoms with Gasteiger partial charge < -0.3 is 10.6 Å². The van der Waals surface area contributed by atoms with Gasteiger partial charge in [0.2, 0.25) is 11.9 Å². The topological polar surface area (TPSA) is 65.5 Å². The van der Waals surface area contributed by atoms with Crippen molar-refractivity contribution in [1.82, 2.24) is 16.0 Å². The summed E-state index contributed by atoms with van der Waals surface area (Å²) >= 11 is 0. The Hall–Kier alpha value is -2.56. The Morgan fingerprint density at radius 2 is 2.18 bits per heavy atom. The first-order valence-electron chi connectivity index (χ1n) is 7.25. The van der Waals surface area contributed by atoms with Gasteiger partial charge in [-0.3, -0.25) is 10.1 Å². The maximum atomic E-state index is 12.1. The Morgan fingerprint density at radius 3 is 2.73 bits per heavy atom. The molecule has 3 N–H and O–H groups in total. The molecule has 0 aromatic heterocycles. The summed E-state index contributed by atoms with van der Waals surface area (Å²) in [5.41, 5.74) is 3.26. The van der Waals surface area contributed by atoms with Crippen molar-refractivity contribution in [3.8, 4) is 0 Å². The molecule has 1 aliphatic heterocycles. The van der Waals surface area contributed by atoms with Gasteiger partial charge in [0.25, 0.3) is 0 Å². The lowest BCUT2D eigenvalue weighted by molar-refractivity contribution is -0.119. The van der Waals surface area contributed by atoms with Crippen LogP contribution >= 0.6 is 0 Å². The number of guanidine groups is 1. The number of carbonyl (C=O) groups is 1. The Bertz CT molecular complexity index is 579. The Balaban J connectivity index is 2.73. The predicted molar refractivity (Wildman–Crippen MR) is 91.9 cm³/mol. The van der Waals surface area contributed by atoms with Gasteiger partial charge in [-0.05, 0) is 26.3 Å². The van der Waals surface area contributed by atoms with Crippen molar-refractivity contribution in [3.63, 3.8) is 0 Å². The molecule has 0 saturated carbocycles. The minimum absolute atomic E-state index is 0.138. The zero-order valence-electron chi connectivity index (χ0n) is 13.5. The van der Waals surface area contributed by atoms with Crippen molar-refractivity contribution < 1.29 is 4.79 Å². The highest BCUT2D eigenvalue weighted by Crippen LogP contribution is 2.13. The first-order chi connectivity index (χ1) is 10.5. The summed E-state index contributed by atoms with van der Waals surface area (Å²) in [5.74, 6) is 0.262. The fraction of sp³-hybridized carbons (Fsp3) is 0.294.